The molecule has 0 fully saturated rings. The van der Waals surface area contributed by atoms with Gasteiger partial charge in [0.15, 0.2) is 0 Å². The molecule has 0 heterocycles. The van der Waals surface area contributed by atoms with Crippen molar-refractivity contribution in [2.45, 2.75) is 44.7 Å². The maximum absolute atomic E-state index is 13.9. The van der Waals surface area contributed by atoms with Crippen LogP contribution in [0.25, 0.3) is 10.8 Å². The maximum Gasteiger partial charge on any atom is 0.419 e. The molecule has 0 bridgehead atoms. The minimum absolute atomic E-state index is 0.0105. The largest absolute Gasteiger partial charge is 0.419 e. The van der Waals surface area contributed by atoms with Crippen molar-refractivity contribution in [3.05, 3.63) is 82.7 Å². The molecule has 0 saturated carbocycles. The molecule has 154 valence electrons. The summed E-state index contributed by atoms with van der Waals surface area (Å²) in [5.74, 6) is 5.33. The monoisotopic (exact) mass is 410 g/mol. The van der Waals surface area contributed by atoms with Crippen LogP contribution in [-0.4, -0.2) is 0 Å². The lowest BCUT2D eigenvalue weighted by Gasteiger charge is -2.31. The van der Waals surface area contributed by atoms with Gasteiger partial charge in [-0.15, -0.1) is 0 Å². The van der Waals surface area contributed by atoms with E-state index in [1.807, 2.05) is 12.1 Å². The summed E-state index contributed by atoms with van der Waals surface area (Å²) in [5.41, 5.74) is 1.51. The Morgan fingerprint density at radius 2 is 1.83 bits per heavy atom. The summed E-state index contributed by atoms with van der Waals surface area (Å²) in [6.45, 7) is 2.14. The van der Waals surface area contributed by atoms with Crippen LogP contribution < -0.4 is 0 Å². The summed E-state index contributed by atoms with van der Waals surface area (Å²) in [6, 6.07) is 15.4. The van der Waals surface area contributed by atoms with Gasteiger partial charge < -0.3 is 0 Å². The van der Waals surface area contributed by atoms with Crippen LogP contribution in [0, 0.1) is 23.6 Å². The molecule has 0 spiro atoms. The van der Waals surface area contributed by atoms with Gasteiger partial charge in [0.1, 0.15) is 5.82 Å². The van der Waals surface area contributed by atoms with Gasteiger partial charge in [0.2, 0.25) is 0 Å². The first-order valence-corrected chi connectivity index (χ1v) is 10.3. The zero-order valence-corrected chi connectivity index (χ0v) is 16.7. The van der Waals surface area contributed by atoms with Gasteiger partial charge in [-0.05, 0) is 65.3 Å². The van der Waals surface area contributed by atoms with E-state index in [-0.39, 0.29) is 11.5 Å². The molecule has 1 aliphatic rings. The van der Waals surface area contributed by atoms with E-state index in [0.29, 0.717) is 5.92 Å². The molecule has 1 aliphatic carbocycles. The Labute approximate surface area is 173 Å². The van der Waals surface area contributed by atoms with Crippen LogP contribution in [0.2, 0.25) is 0 Å². The molecule has 0 unspecified atom stereocenters. The highest BCUT2D eigenvalue weighted by Crippen LogP contribution is 2.41. The summed E-state index contributed by atoms with van der Waals surface area (Å²) >= 11 is 0. The van der Waals surface area contributed by atoms with Crippen LogP contribution in [-0.2, 0) is 12.6 Å². The van der Waals surface area contributed by atoms with Crippen molar-refractivity contribution in [2.24, 2.45) is 5.92 Å². The Hall–Kier alpha value is -2.80. The van der Waals surface area contributed by atoms with E-state index < -0.39 is 17.6 Å². The molecular formula is C26H22F4. The zero-order chi connectivity index (χ0) is 21.3. The van der Waals surface area contributed by atoms with Crippen LogP contribution in [0.5, 0.6) is 0 Å². The number of alkyl halides is 3. The molecule has 3 aromatic rings. The summed E-state index contributed by atoms with van der Waals surface area (Å²) in [5, 5.41) is 2.43. The molecule has 0 amide bonds. The molecule has 0 nitrogen and oxygen atoms in total. The molecule has 0 radical (unpaired) electrons. The number of benzene rings is 3. The third-order valence-electron chi connectivity index (χ3n) is 5.95. The van der Waals surface area contributed by atoms with Crippen LogP contribution in [0.1, 0.15) is 54.4 Å². The van der Waals surface area contributed by atoms with Gasteiger partial charge in [-0.1, -0.05) is 61.6 Å². The molecule has 0 aliphatic heterocycles. The highest BCUT2D eigenvalue weighted by molar-refractivity contribution is 5.87. The molecule has 30 heavy (non-hydrogen) atoms. The van der Waals surface area contributed by atoms with E-state index in [1.54, 1.807) is 0 Å². The summed E-state index contributed by atoms with van der Waals surface area (Å²) < 4.78 is 52.4. The van der Waals surface area contributed by atoms with Crippen molar-refractivity contribution in [1.29, 1.82) is 0 Å². The highest BCUT2D eigenvalue weighted by atomic mass is 19.4. The van der Waals surface area contributed by atoms with E-state index in [0.717, 1.165) is 37.8 Å². The van der Waals surface area contributed by atoms with Crippen molar-refractivity contribution in [3.63, 3.8) is 0 Å². The van der Waals surface area contributed by atoms with Gasteiger partial charge in [0.05, 0.1) is 5.56 Å². The first-order chi connectivity index (χ1) is 14.4. The second-order valence-corrected chi connectivity index (χ2v) is 7.88. The third-order valence-corrected chi connectivity index (χ3v) is 5.95. The van der Waals surface area contributed by atoms with Gasteiger partial charge in [-0.2, -0.15) is 13.2 Å². The molecule has 3 aromatic carbocycles. The number of halogens is 4. The zero-order valence-electron chi connectivity index (χ0n) is 16.7. The molecule has 0 saturated heterocycles. The van der Waals surface area contributed by atoms with Crippen molar-refractivity contribution in [1.82, 2.24) is 0 Å². The molecule has 4 heteroatoms. The highest BCUT2D eigenvalue weighted by Gasteiger charge is 2.34. The lowest BCUT2D eigenvalue weighted by atomic mass is 9.72. The van der Waals surface area contributed by atoms with E-state index in [9.17, 15) is 17.6 Å². The summed E-state index contributed by atoms with van der Waals surface area (Å²) in [4.78, 5) is 0. The lowest BCUT2D eigenvalue weighted by molar-refractivity contribution is -0.140. The fraction of sp³-hybridized carbons (Fsp3) is 0.308. The average molecular weight is 410 g/mol. The standard InChI is InChI=1S/C26H22F4/c1-2-5-18-10-13-22-20-7-4-3-6-19(20)11-14-23(22)21(18)12-8-17-9-15-24(25(27)16-17)26(28,29)30/h3-4,6-7,9,11,14-16,18,21H,2,5,10,13H2,1H3/t18-,21+/m1/s1. The average Bonchev–Trinajstić information content (AvgIpc) is 2.71. The Morgan fingerprint density at radius 1 is 1.03 bits per heavy atom. The number of hydrogen-bond donors (Lipinski definition) is 0. The van der Waals surface area contributed by atoms with Gasteiger partial charge in [-0.25, -0.2) is 4.39 Å². The Balaban J connectivity index is 1.74. The van der Waals surface area contributed by atoms with Gasteiger partial charge >= 0.3 is 6.18 Å². The van der Waals surface area contributed by atoms with Crippen molar-refractivity contribution in [2.75, 3.05) is 0 Å². The number of aryl methyl sites for hydroxylation is 1. The van der Waals surface area contributed by atoms with Gasteiger partial charge in [-0.3, -0.25) is 0 Å². The van der Waals surface area contributed by atoms with E-state index in [1.165, 1.54) is 28.0 Å². The van der Waals surface area contributed by atoms with Crippen molar-refractivity contribution in [3.8, 4) is 11.8 Å². The fourth-order valence-corrected chi connectivity index (χ4v) is 4.53. The van der Waals surface area contributed by atoms with Crippen LogP contribution >= 0.6 is 0 Å². The Morgan fingerprint density at radius 3 is 2.57 bits per heavy atom. The van der Waals surface area contributed by atoms with E-state index in [4.69, 9.17) is 0 Å². The summed E-state index contributed by atoms with van der Waals surface area (Å²) in [7, 11) is 0. The molecule has 0 aromatic heterocycles. The SMILES string of the molecule is CCC[C@@H]1CCc2c(ccc3ccccc23)[C@H]1C#Cc1ccc(C(F)(F)F)c(F)c1. The smallest absolute Gasteiger partial charge is 0.206 e. The topological polar surface area (TPSA) is 0 Å². The van der Waals surface area contributed by atoms with Crippen LogP contribution in [0.3, 0.4) is 0 Å². The van der Waals surface area contributed by atoms with Crippen LogP contribution in [0.15, 0.2) is 54.6 Å². The van der Waals surface area contributed by atoms with Crippen molar-refractivity contribution >= 4 is 10.8 Å². The van der Waals surface area contributed by atoms with Crippen LogP contribution in [0.4, 0.5) is 17.6 Å². The van der Waals surface area contributed by atoms with Crippen molar-refractivity contribution < 1.29 is 17.6 Å². The Bertz CT molecular complexity index is 1130. The Kier molecular flexibility index (Phi) is 5.56. The second-order valence-electron chi connectivity index (χ2n) is 7.88. The van der Waals surface area contributed by atoms with Gasteiger partial charge in [0.25, 0.3) is 0 Å². The summed E-state index contributed by atoms with van der Waals surface area (Å²) in [6.07, 6.45) is -0.608. The number of hydrogen-bond acceptors (Lipinski definition) is 0. The molecule has 0 N–H and O–H groups in total. The third kappa shape index (κ3) is 3.94. The normalized spacial score (nSPS) is 18.6. The number of fused-ring (bicyclic) bond motifs is 3. The first kappa shape index (κ1) is 20.5. The minimum atomic E-state index is -4.70. The first-order valence-electron chi connectivity index (χ1n) is 10.3. The van der Waals surface area contributed by atoms with E-state index >= 15 is 0 Å². The molecule has 4 rings (SSSR count). The molecular weight excluding hydrogens is 388 g/mol. The lowest BCUT2D eigenvalue weighted by Crippen LogP contribution is -2.20. The number of rotatable bonds is 2. The van der Waals surface area contributed by atoms with E-state index in [2.05, 4.69) is 43.0 Å². The predicted molar refractivity (Wildman–Crippen MR) is 112 cm³/mol. The second kappa shape index (κ2) is 8.14. The fourth-order valence-electron chi connectivity index (χ4n) is 4.53. The molecule has 2 atom stereocenters. The maximum atomic E-state index is 13.9. The quantitative estimate of drug-likeness (QED) is 0.303. The predicted octanol–water partition coefficient (Wildman–Crippen LogP) is 7.50. The minimum Gasteiger partial charge on any atom is -0.206 e. The van der Waals surface area contributed by atoms with Gasteiger partial charge in [0, 0.05) is 11.5 Å².